The molecule has 114 valence electrons. The fourth-order valence-corrected chi connectivity index (χ4v) is 3.51. The molecular formula is C13H18N4O3S. The molecule has 1 heterocycles. The molecule has 0 bridgehead atoms. The van der Waals surface area contributed by atoms with Gasteiger partial charge >= 0.3 is 0 Å². The summed E-state index contributed by atoms with van der Waals surface area (Å²) in [6, 6.07) is 1.24. The molecule has 0 unspecified atom stereocenters. The highest BCUT2D eigenvalue weighted by atomic mass is 32.2. The molecular weight excluding hydrogens is 292 g/mol. The van der Waals surface area contributed by atoms with Crippen LogP contribution in [-0.4, -0.2) is 33.4 Å². The Kier molecular flexibility index (Phi) is 4.66. The minimum atomic E-state index is -0.624. The first-order valence-electron chi connectivity index (χ1n) is 6.71. The fraction of sp³-hybridized carbons (Fsp3) is 0.538. The lowest BCUT2D eigenvalue weighted by Crippen LogP contribution is -2.38. The summed E-state index contributed by atoms with van der Waals surface area (Å²) in [5.74, 6) is -0.387. The molecule has 0 atom stereocenters. The van der Waals surface area contributed by atoms with E-state index < -0.39 is 10.8 Å². The first-order valence-corrected chi connectivity index (χ1v) is 7.93. The van der Waals surface area contributed by atoms with Gasteiger partial charge in [-0.05, 0) is 25.2 Å². The van der Waals surface area contributed by atoms with E-state index in [2.05, 4.69) is 10.3 Å². The maximum atomic E-state index is 12.2. The first kappa shape index (κ1) is 15.6. The maximum absolute atomic E-state index is 12.2. The number of nitrogens with zero attached hydrogens (tertiary/aromatic N) is 2. The van der Waals surface area contributed by atoms with E-state index in [-0.39, 0.29) is 21.8 Å². The van der Waals surface area contributed by atoms with Gasteiger partial charge in [-0.3, -0.25) is 14.9 Å². The third-order valence-electron chi connectivity index (χ3n) is 3.86. The van der Waals surface area contributed by atoms with Crippen LogP contribution in [0.15, 0.2) is 12.3 Å². The molecule has 1 saturated carbocycles. The molecule has 0 aliphatic heterocycles. The Labute approximate surface area is 126 Å². The summed E-state index contributed by atoms with van der Waals surface area (Å²) in [6.45, 7) is 0.506. The summed E-state index contributed by atoms with van der Waals surface area (Å²) in [4.78, 5) is 26.2. The molecule has 0 aromatic carbocycles. The Morgan fingerprint density at radius 2 is 2.24 bits per heavy atom. The van der Waals surface area contributed by atoms with Gasteiger partial charge in [0.2, 0.25) is 0 Å². The topological polar surface area (TPSA) is 111 Å². The minimum Gasteiger partial charge on any atom is -0.384 e. The van der Waals surface area contributed by atoms with Crippen LogP contribution in [0, 0.1) is 10.1 Å². The zero-order chi connectivity index (χ0) is 15.5. The Hall–Kier alpha value is -1.83. The molecule has 1 aliphatic carbocycles. The molecule has 7 nitrogen and oxygen atoms in total. The standard InChI is InChI=1S/C13H18N4O3S/c1-21-13(4-2-3-5-13)8-16-12(18)9-6-11(14)15-7-10(9)17(19)20/h6-7H,2-5,8H2,1H3,(H2,14,15)(H,16,18). The number of pyridine rings is 1. The maximum Gasteiger partial charge on any atom is 0.300 e. The molecule has 3 N–H and O–H groups in total. The van der Waals surface area contributed by atoms with Gasteiger partial charge in [0, 0.05) is 11.3 Å². The van der Waals surface area contributed by atoms with Gasteiger partial charge in [0.05, 0.1) is 4.92 Å². The van der Waals surface area contributed by atoms with Crippen LogP contribution in [0.1, 0.15) is 36.0 Å². The molecule has 0 radical (unpaired) electrons. The van der Waals surface area contributed by atoms with Gasteiger partial charge in [-0.2, -0.15) is 11.8 Å². The van der Waals surface area contributed by atoms with E-state index in [1.807, 2.05) is 6.26 Å². The van der Waals surface area contributed by atoms with Crippen molar-refractivity contribution in [2.75, 3.05) is 18.5 Å². The van der Waals surface area contributed by atoms with Crippen molar-refractivity contribution < 1.29 is 9.72 Å². The summed E-state index contributed by atoms with van der Waals surface area (Å²) < 4.78 is 0.0447. The number of anilines is 1. The van der Waals surface area contributed by atoms with Crippen LogP contribution in [-0.2, 0) is 0 Å². The van der Waals surface area contributed by atoms with Crippen molar-refractivity contribution in [3.8, 4) is 0 Å². The lowest BCUT2D eigenvalue weighted by Gasteiger charge is -2.26. The summed E-state index contributed by atoms with van der Waals surface area (Å²) in [5, 5.41) is 13.8. The average Bonchev–Trinajstić information content (AvgIpc) is 2.94. The molecule has 2 rings (SSSR count). The third-order valence-corrected chi connectivity index (χ3v) is 5.28. The van der Waals surface area contributed by atoms with E-state index in [1.165, 1.54) is 6.07 Å². The number of aromatic nitrogens is 1. The predicted octanol–water partition coefficient (Wildman–Crippen LogP) is 1.98. The van der Waals surface area contributed by atoms with E-state index in [4.69, 9.17) is 5.73 Å². The smallest absolute Gasteiger partial charge is 0.300 e. The Morgan fingerprint density at radius 3 is 2.81 bits per heavy atom. The number of amides is 1. The second-order valence-corrected chi connectivity index (χ2v) is 6.43. The Morgan fingerprint density at radius 1 is 1.57 bits per heavy atom. The molecule has 1 aromatic rings. The van der Waals surface area contributed by atoms with Crippen LogP contribution in [0.5, 0.6) is 0 Å². The highest BCUT2D eigenvalue weighted by Crippen LogP contribution is 2.39. The summed E-state index contributed by atoms with van der Waals surface area (Å²) in [7, 11) is 0. The molecule has 0 spiro atoms. The van der Waals surface area contributed by atoms with Gasteiger partial charge < -0.3 is 11.1 Å². The SMILES string of the molecule is CSC1(CNC(=O)c2cc(N)ncc2[N+](=O)[O-])CCCC1. The van der Waals surface area contributed by atoms with Crippen LogP contribution >= 0.6 is 11.8 Å². The fourth-order valence-electron chi connectivity index (χ4n) is 2.60. The van der Waals surface area contributed by atoms with Gasteiger partial charge in [-0.15, -0.1) is 0 Å². The van der Waals surface area contributed by atoms with Crippen molar-refractivity contribution >= 4 is 29.2 Å². The second-order valence-electron chi connectivity index (χ2n) is 5.16. The van der Waals surface area contributed by atoms with Crippen LogP contribution in [0.2, 0.25) is 0 Å². The van der Waals surface area contributed by atoms with Crippen LogP contribution < -0.4 is 11.1 Å². The lowest BCUT2D eigenvalue weighted by atomic mass is 10.1. The van der Waals surface area contributed by atoms with Crippen LogP contribution in [0.4, 0.5) is 11.5 Å². The number of carbonyl (C=O) groups excluding carboxylic acids is 1. The molecule has 21 heavy (non-hydrogen) atoms. The van der Waals surface area contributed by atoms with Crippen molar-refractivity contribution in [2.24, 2.45) is 0 Å². The summed E-state index contributed by atoms with van der Waals surface area (Å²) in [6.07, 6.45) is 7.46. The van der Waals surface area contributed by atoms with Gasteiger partial charge in [-0.25, -0.2) is 4.98 Å². The highest BCUT2D eigenvalue weighted by Gasteiger charge is 2.34. The van der Waals surface area contributed by atoms with E-state index in [9.17, 15) is 14.9 Å². The zero-order valence-corrected chi connectivity index (χ0v) is 12.6. The normalized spacial score (nSPS) is 16.6. The Bertz CT molecular complexity index is 558. The molecule has 1 aliphatic rings. The second kappa shape index (κ2) is 6.30. The number of hydrogen-bond acceptors (Lipinski definition) is 6. The van der Waals surface area contributed by atoms with E-state index in [0.29, 0.717) is 6.54 Å². The number of hydrogen-bond donors (Lipinski definition) is 2. The van der Waals surface area contributed by atoms with Gasteiger partial charge in [0.1, 0.15) is 17.6 Å². The Balaban J connectivity index is 2.13. The van der Waals surface area contributed by atoms with Crippen molar-refractivity contribution in [1.82, 2.24) is 10.3 Å². The molecule has 1 amide bonds. The molecule has 0 saturated heterocycles. The zero-order valence-electron chi connectivity index (χ0n) is 11.8. The van der Waals surface area contributed by atoms with Gasteiger partial charge in [0.15, 0.2) is 0 Å². The molecule has 1 fully saturated rings. The lowest BCUT2D eigenvalue weighted by molar-refractivity contribution is -0.385. The number of rotatable bonds is 5. The molecule has 8 heteroatoms. The largest absolute Gasteiger partial charge is 0.384 e. The average molecular weight is 310 g/mol. The van der Waals surface area contributed by atoms with E-state index >= 15 is 0 Å². The van der Waals surface area contributed by atoms with E-state index in [0.717, 1.165) is 31.9 Å². The van der Waals surface area contributed by atoms with Crippen LogP contribution in [0.3, 0.4) is 0 Å². The quantitative estimate of drug-likeness (QED) is 0.635. The number of carbonyl (C=O) groups is 1. The van der Waals surface area contributed by atoms with Crippen molar-refractivity contribution in [3.05, 3.63) is 27.9 Å². The summed E-state index contributed by atoms with van der Waals surface area (Å²) in [5.41, 5.74) is 5.15. The number of nitrogen functional groups attached to an aromatic ring is 1. The highest BCUT2D eigenvalue weighted by molar-refractivity contribution is 8.00. The van der Waals surface area contributed by atoms with Gasteiger partial charge in [-0.1, -0.05) is 12.8 Å². The van der Waals surface area contributed by atoms with E-state index in [1.54, 1.807) is 11.8 Å². The first-order chi connectivity index (χ1) is 9.97. The van der Waals surface area contributed by atoms with Crippen molar-refractivity contribution in [1.29, 1.82) is 0 Å². The number of nitrogens with two attached hydrogens (primary N) is 1. The van der Waals surface area contributed by atoms with Gasteiger partial charge in [0.25, 0.3) is 11.6 Å². The van der Waals surface area contributed by atoms with Crippen molar-refractivity contribution in [2.45, 2.75) is 30.4 Å². The molecule has 1 aromatic heterocycles. The van der Waals surface area contributed by atoms with Crippen molar-refractivity contribution in [3.63, 3.8) is 0 Å². The third kappa shape index (κ3) is 3.44. The number of nitro groups is 1. The number of nitrogens with one attached hydrogen (secondary N) is 1. The number of thioether (sulfide) groups is 1. The monoisotopic (exact) mass is 310 g/mol. The van der Waals surface area contributed by atoms with Crippen LogP contribution in [0.25, 0.3) is 0 Å². The summed E-state index contributed by atoms with van der Waals surface area (Å²) >= 11 is 1.75. The predicted molar refractivity (Wildman–Crippen MR) is 82.4 cm³/mol. The minimum absolute atomic E-state index is 0.0400.